The van der Waals surface area contributed by atoms with E-state index in [2.05, 4.69) is 33.4 Å². The molecule has 2 rings (SSSR count). The molecule has 40 heavy (non-hydrogen) atoms. The van der Waals surface area contributed by atoms with E-state index in [0.29, 0.717) is 18.9 Å². The van der Waals surface area contributed by atoms with Crippen molar-refractivity contribution in [1.29, 1.82) is 0 Å². The van der Waals surface area contributed by atoms with Crippen LogP contribution >= 0.6 is 0 Å². The summed E-state index contributed by atoms with van der Waals surface area (Å²) in [6.45, 7) is 13.5. The average molecular weight is 559 g/mol. The quantitative estimate of drug-likeness (QED) is 0.0917. The van der Waals surface area contributed by atoms with Gasteiger partial charge in [-0.25, -0.2) is 0 Å². The molecule has 0 saturated heterocycles. The zero-order valence-electron chi connectivity index (χ0n) is 26.7. The van der Waals surface area contributed by atoms with Crippen molar-refractivity contribution in [2.24, 2.45) is 22.7 Å². The lowest BCUT2D eigenvalue weighted by atomic mass is 9.46. The summed E-state index contributed by atoms with van der Waals surface area (Å²) in [6.07, 6.45) is 26.2. The van der Waals surface area contributed by atoms with Gasteiger partial charge in [-0.05, 0) is 82.1 Å². The van der Waals surface area contributed by atoms with Gasteiger partial charge in [-0.1, -0.05) is 115 Å². The second-order valence-electron chi connectivity index (χ2n) is 13.6. The Hall–Kier alpha value is -1.58. The average Bonchev–Trinajstić information content (AvgIpc) is 2.90. The molecule has 4 atom stereocenters. The standard InChI is InChI=1S/C36H62O4/c1-6-7-8-9-10-11-12-13-14-15-16-17-18-20-33(37)40-28-25-29(2)21-23-31-30(3)22-24-32-35(31,4)26-19-27-36(32,5)34(38)39/h25,31-32H,3,6-24,26-28H2,1-2,4-5H3,(H,38,39). The maximum atomic E-state index is 12.2. The van der Waals surface area contributed by atoms with Gasteiger partial charge in [-0.15, -0.1) is 0 Å². The van der Waals surface area contributed by atoms with Crippen LogP contribution in [-0.2, 0) is 14.3 Å². The van der Waals surface area contributed by atoms with Gasteiger partial charge in [0.2, 0.25) is 0 Å². The molecule has 0 bridgehead atoms. The molecule has 0 amide bonds. The normalized spacial score (nSPS) is 26.9. The maximum absolute atomic E-state index is 12.2. The summed E-state index contributed by atoms with van der Waals surface area (Å²) >= 11 is 0. The Morgan fingerprint density at radius 2 is 1.50 bits per heavy atom. The monoisotopic (exact) mass is 558 g/mol. The van der Waals surface area contributed by atoms with E-state index in [-0.39, 0.29) is 17.3 Å². The molecular weight excluding hydrogens is 496 g/mol. The highest BCUT2D eigenvalue weighted by atomic mass is 16.5. The molecule has 0 aromatic carbocycles. The molecule has 4 unspecified atom stereocenters. The Balaban J connectivity index is 1.59. The van der Waals surface area contributed by atoms with E-state index in [4.69, 9.17) is 4.74 Å². The van der Waals surface area contributed by atoms with Crippen molar-refractivity contribution in [3.8, 4) is 0 Å². The molecule has 4 nitrogen and oxygen atoms in total. The summed E-state index contributed by atoms with van der Waals surface area (Å²) in [7, 11) is 0. The van der Waals surface area contributed by atoms with Crippen LogP contribution in [0.2, 0.25) is 0 Å². The fourth-order valence-corrected chi connectivity index (χ4v) is 7.85. The largest absolute Gasteiger partial charge is 0.481 e. The number of allylic oxidation sites excluding steroid dienone is 2. The lowest BCUT2D eigenvalue weighted by molar-refractivity contribution is -0.164. The molecule has 0 radical (unpaired) electrons. The van der Waals surface area contributed by atoms with Crippen molar-refractivity contribution >= 4 is 11.9 Å². The van der Waals surface area contributed by atoms with Crippen molar-refractivity contribution in [3.63, 3.8) is 0 Å². The van der Waals surface area contributed by atoms with E-state index >= 15 is 0 Å². The molecular formula is C36H62O4. The number of unbranched alkanes of at least 4 members (excludes halogenated alkanes) is 12. The Morgan fingerprint density at radius 3 is 2.08 bits per heavy atom. The highest BCUT2D eigenvalue weighted by molar-refractivity contribution is 5.75. The molecule has 0 aliphatic heterocycles. The van der Waals surface area contributed by atoms with Crippen molar-refractivity contribution in [2.75, 3.05) is 6.61 Å². The van der Waals surface area contributed by atoms with Gasteiger partial charge in [-0.3, -0.25) is 9.59 Å². The van der Waals surface area contributed by atoms with Gasteiger partial charge in [0.05, 0.1) is 5.41 Å². The van der Waals surface area contributed by atoms with Gasteiger partial charge in [-0.2, -0.15) is 0 Å². The third-order valence-electron chi connectivity index (χ3n) is 10.5. The first kappa shape index (κ1) is 34.6. The van der Waals surface area contributed by atoms with Gasteiger partial charge in [0.25, 0.3) is 0 Å². The highest BCUT2D eigenvalue weighted by Crippen LogP contribution is 2.62. The van der Waals surface area contributed by atoms with Gasteiger partial charge in [0, 0.05) is 6.42 Å². The van der Waals surface area contributed by atoms with Crippen LogP contribution < -0.4 is 0 Å². The molecule has 4 heteroatoms. The van der Waals surface area contributed by atoms with Crippen molar-refractivity contribution in [3.05, 3.63) is 23.8 Å². The predicted molar refractivity (Wildman–Crippen MR) is 167 cm³/mol. The van der Waals surface area contributed by atoms with Crippen LogP contribution in [0.4, 0.5) is 0 Å². The number of aliphatic carboxylic acids is 1. The molecule has 1 N–H and O–H groups in total. The fraction of sp³-hybridized carbons (Fsp3) is 0.833. The number of carboxylic acids is 1. The number of ether oxygens (including phenoxy) is 1. The summed E-state index contributed by atoms with van der Waals surface area (Å²) in [5.41, 5.74) is 1.91. The number of rotatable bonds is 20. The molecule has 0 spiro atoms. The Morgan fingerprint density at radius 1 is 0.925 bits per heavy atom. The predicted octanol–water partition coefficient (Wildman–Crippen LogP) is 10.6. The minimum atomic E-state index is -0.633. The van der Waals surface area contributed by atoms with Crippen LogP contribution in [0.15, 0.2) is 23.8 Å². The second-order valence-corrected chi connectivity index (χ2v) is 13.6. The van der Waals surface area contributed by atoms with Crippen LogP contribution in [0.1, 0.15) is 163 Å². The third kappa shape index (κ3) is 10.7. The zero-order valence-corrected chi connectivity index (χ0v) is 26.7. The van der Waals surface area contributed by atoms with Crippen LogP contribution in [0.25, 0.3) is 0 Å². The first-order valence-electron chi connectivity index (χ1n) is 16.9. The molecule has 230 valence electrons. The summed E-state index contributed by atoms with van der Waals surface area (Å²) in [5.74, 6) is -0.159. The minimum Gasteiger partial charge on any atom is -0.481 e. The van der Waals surface area contributed by atoms with Crippen LogP contribution in [0.5, 0.6) is 0 Å². The Kier molecular flexibility index (Phi) is 15.6. The molecule has 2 fully saturated rings. The SMILES string of the molecule is C=C1CCC2C(C)(C(=O)O)CCCC2(C)C1CCC(C)=CCOC(=O)CCCCCCCCCCCCCCC. The van der Waals surface area contributed by atoms with Gasteiger partial charge in [0.1, 0.15) is 6.61 Å². The molecule has 0 aromatic heterocycles. The van der Waals surface area contributed by atoms with Gasteiger partial charge < -0.3 is 9.84 Å². The zero-order chi connectivity index (χ0) is 29.4. The van der Waals surface area contributed by atoms with Crippen LogP contribution in [0, 0.1) is 22.7 Å². The molecule has 2 aliphatic rings. The summed E-state index contributed by atoms with van der Waals surface area (Å²) in [4.78, 5) is 24.4. The topological polar surface area (TPSA) is 63.6 Å². The molecule has 2 saturated carbocycles. The van der Waals surface area contributed by atoms with E-state index in [1.54, 1.807) is 0 Å². The van der Waals surface area contributed by atoms with Crippen molar-refractivity contribution < 1.29 is 19.4 Å². The maximum Gasteiger partial charge on any atom is 0.309 e. The summed E-state index contributed by atoms with van der Waals surface area (Å²) in [5, 5.41) is 10.0. The number of fused-ring (bicyclic) bond motifs is 1. The Bertz CT molecular complexity index is 814. The van der Waals surface area contributed by atoms with E-state index < -0.39 is 11.4 Å². The van der Waals surface area contributed by atoms with E-state index in [9.17, 15) is 14.7 Å². The first-order valence-corrected chi connectivity index (χ1v) is 16.9. The second kappa shape index (κ2) is 18.1. The number of hydrogen-bond donors (Lipinski definition) is 1. The highest BCUT2D eigenvalue weighted by Gasteiger charge is 2.57. The number of carbonyl (C=O) groups excluding carboxylic acids is 1. The van der Waals surface area contributed by atoms with E-state index in [1.165, 1.54) is 81.8 Å². The van der Waals surface area contributed by atoms with Gasteiger partial charge in [0.15, 0.2) is 0 Å². The summed E-state index contributed by atoms with van der Waals surface area (Å²) in [6, 6.07) is 0. The molecule has 0 aromatic rings. The third-order valence-corrected chi connectivity index (χ3v) is 10.5. The minimum absolute atomic E-state index is 0.00134. The number of carbonyl (C=O) groups is 2. The Labute approximate surface area is 246 Å². The lowest BCUT2D eigenvalue weighted by Gasteiger charge is -2.57. The fourth-order valence-electron chi connectivity index (χ4n) is 7.85. The summed E-state index contributed by atoms with van der Waals surface area (Å²) < 4.78 is 5.49. The smallest absolute Gasteiger partial charge is 0.309 e. The first-order chi connectivity index (χ1) is 19.1. The van der Waals surface area contributed by atoms with E-state index in [1.807, 2.05) is 6.92 Å². The number of carboxylic acid groups (broad SMARTS) is 1. The van der Waals surface area contributed by atoms with Crippen molar-refractivity contribution in [1.82, 2.24) is 0 Å². The number of hydrogen-bond acceptors (Lipinski definition) is 3. The molecule has 2 aliphatic carbocycles. The van der Waals surface area contributed by atoms with Gasteiger partial charge >= 0.3 is 11.9 Å². The lowest BCUT2D eigenvalue weighted by Crippen LogP contribution is -2.53. The van der Waals surface area contributed by atoms with Crippen molar-refractivity contribution in [2.45, 2.75) is 163 Å². The molecule has 0 heterocycles. The van der Waals surface area contributed by atoms with Crippen LogP contribution in [0.3, 0.4) is 0 Å². The number of esters is 1. The van der Waals surface area contributed by atoms with E-state index in [0.717, 1.165) is 57.8 Å². The van der Waals surface area contributed by atoms with Crippen LogP contribution in [-0.4, -0.2) is 23.7 Å².